The van der Waals surface area contributed by atoms with E-state index in [0.717, 1.165) is 19.3 Å². The topological polar surface area (TPSA) is 40.6 Å². The second kappa shape index (κ2) is 5.35. The summed E-state index contributed by atoms with van der Waals surface area (Å²) in [6.07, 6.45) is 2.71. The Balaban J connectivity index is 2.27. The standard InChI is InChI=1S/C10H17ClN2O2/c1-8(11)5-3-4-6-13-9(14)7-12(2)10(13)15/h8H,3-7H2,1-2H3. The molecule has 3 amide bonds. The average Bonchev–Trinajstić information content (AvgIpc) is 2.37. The number of likely N-dealkylation sites (N-methyl/N-ethyl adjacent to an activating group) is 1. The van der Waals surface area contributed by atoms with Crippen molar-refractivity contribution in [1.29, 1.82) is 0 Å². The summed E-state index contributed by atoms with van der Waals surface area (Å²) in [4.78, 5) is 25.6. The van der Waals surface area contributed by atoms with Gasteiger partial charge >= 0.3 is 6.03 Å². The minimum absolute atomic E-state index is 0.0959. The highest BCUT2D eigenvalue weighted by Crippen LogP contribution is 2.11. The van der Waals surface area contributed by atoms with Gasteiger partial charge in [-0.05, 0) is 19.8 Å². The van der Waals surface area contributed by atoms with Gasteiger partial charge in [-0.2, -0.15) is 0 Å². The normalized spacial score (nSPS) is 18.9. The fourth-order valence-corrected chi connectivity index (χ4v) is 1.74. The largest absolute Gasteiger partial charge is 0.326 e. The minimum Gasteiger partial charge on any atom is -0.318 e. The van der Waals surface area contributed by atoms with E-state index in [0.29, 0.717) is 6.54 Å². The van der Waals surface area contributed by atoms with Gasteiger partial charge in [0.05, 0.1) is 0 Å². The molecule has 0 saturated carbocycles. The zero-order valence-corrected chi connectivity index (χ0v) is 9.96. The van der Waals surface area contributed by atoms with E-state index in [1.165, 1.54) is 9.80 Å². The molecule has 1 saturated heterocycles. The van der Waals surface area contributed by atoms with Crippen molar-refractivity contribution in [2.45, 2.75) is 31.6 Å². The maximum absolute atomic E-state index is 11.4. The molecule has 1 rings (SSSR count). The van der Waals surface area contributed by atoms with E-state index >= 15 is 0 Å². The third-order valence-electron chi connectivity index (χ3n) is 2.46. The second-order valence-electron chi connectivity index (χ2n) is 3.96. The molecule has 0 N–H and O–H groups in total. The van der Waals surface area contributed by atoms with E-state index in [1.807, 2.05) is 6.92 Å². The molecule has 0 aromatic carbocycles. The van der Waals surface area contributed by atoms with Crippen molar-refractivity contribution in [3.8, 4) is 0 Å². The molecule has 0 aliphatic carbocycles. The monoisotopic (exact) mass is 232 g/mol. The Labute approximate surface area is 95.2 Å². The van der Waals surface area contributed by atoms with Gasteiger partial charge in [-0.25, -0.2) is 4.79 Å². The van der Waals surface area contributed by atoms with Crippen LogP contribution in [0.3, 0.4) is 0 Å². The van der Waals surface area contributed by atoms with E-state index in [1.54, 1.807) is 7.05 Å². The Bertz CT molecular complexity index is 256. The number of rotatable bonds is 5. The molecule has 0 radical (unpaired) electrons. The summed E-state index contributed by atoms with van der Waals surface area (Å²) in [6.45, 7) is 2.68. The Hall–Kier alpha value is -0.770. The molecule has 1 atom stereocenters. The van der Waals surface area contributed by atoms with Crippen LogP contribution < -0.4 is 0 Å². The number of unbranched alkanes of at least 4 members (excludes halogenated alkanes) is 1. The number of amides is 3. The van der Waals surface area contributed by atoms with Crippen molar-refractivity contribution in [1.82, 2.24) is 9.80 Å². The van der Waals surface area contributed by atoms with Gasteiger partial charge in [-0.3, -0.25) is 9.69 Å². The average molecular weight is 233 g/mol. The fraction of sp³-hybridized carbons (Fsp3) is 0.800. The molecule has 0 spiro atoms. The molecule has 86 valence electrons. The minimum atomic E-state index is -0.182. The lowest BCUT2D eigenvalue weighted by atomic mass is 10.2. The SMILES string of the molecule is CC(Cl)CCCCN1C(=O)CN(C)C1=O. The molecule has 1 aliphatic heterocycles. The highest BCUT2D eigenvalue weighted by molar-refractivity contribution is 6.20. The predicted molar refractivity (Wildman–Crippen MR) is 58.9 cm³/mol. The van der Waals surface area contributed by atoms with Gasteiger partial charge in [0, 0.05) is 19.0 Å². The highest BCUT2D eigenvalue weighted by atomic mass is 35.5. The lowest BCUT2D eigenvalue weighted by Gasteiger charge is -2.13. The van der Waals surface area contributed by atoms with Crippen LogP contribution in [0.2, 0.25) is 0 Å². The Kier molecular flexibility index (Phi) is 4.39. The highest BCUT2D eigenvalue weighted by Gasteiger charge is 2.32. The first-order chi connectivity index (χ1) is 7.02. The van der Waals surface area contributed by atoms with Gasteiger partial charge < -0.3 is 4.90 Å². The molecule has 5 heteroatoms. The van der Waals surface area contributed by atoms with E-state index in [9.17, 15) is 9.59 Å². The van der Waals surface area contributed by atoms with Crippen LogP contribution in [0.15, 0.2) is 0 Å². The van der Waals surface area contributed by atoms with Crippen molar-refractivity contribution in [2.24, 2.45) is 0 Å². The predicted octanol–water partition coefficient (Wildman–Crippen LogP) is 1.68. The van der Waals surface area contributed by atoms with Gasteiger partial charge in [0.2, 0.25) is 5.91 Å². The zero-order valence-electron chi connectivity index (χ0n) is 9.20. The lowest BCUT2D eigenvalue weighted by molar-refractivity contribution is -0.125. The first-order valence-corrected chi connectivity index (χ1v) is 5.65. The maximum Gasteiger partial charge on any atom is 0.326 e. The second-order valence-corrected chi connectivity index (χ2v) is 4.71. The Morgan fingerprint density at radius 3 is 2.53 bits per heavy atom. The quantitative estimate of drug-likeness (QED) is 0.411. The zero-order chi connectivity index (χ0) is 11.4. The number of imide groups is 1. The van der Waals surface area contributed by atoms with Crippen molar-refractivity contribution in [3.05, 3.63) is 0 Å². The number of halogens is 1. The maximum atomic E-state index is 11.4. The first-order valence-electron chi connectivity index (χ1n) is 5.22. The van der Waals surface area contributed by atoms with E-state index < -0.39 is 0 Å². The lowest BCUT2D eigenvalue weighted by Crippen LogP contribution is -2.32. The summed E-state index contributed by atoms with van der Waals surface area (Å²) in [6, 6.07) is -0.182. The summed E-state index contributed by atoms with van der Waals surface area (Å²) in [5.74, 6) is -0.0959. The van der Waals surface area contributed by atoms with Crippen LogP contribution in [0.1, 0.15) is 26.2 Å². The van der Waals surface area contributed by atoms with Crippen LogP contribution in [0.4, 0.5) is 4.79 Å². The van der Waals surface area contributed by atoms with Crippen molar-refractivity contribution in [2.75, 3.05) is 20.1 Å². The van der Waals surface area contributed by atoms with Gasteiger partial charge in [0.25, 0.3) is 0 Å². The molecule has 4 nitrogen and oxygen atoms in total. The summed E-state index contributed by atoms with van der Waals surface area (Å²) < 4.78 is 0. The fourth-order valence-electron chi connectivity index (χ4n) is 1.58. The number of carbonyl (C=O) groups is 2. The van der Waals surface area contributed by atoms with Gasteiger partial charge in [0.1, 0.15) is 6.54 Å². The Morgan fingerprint density at radius 1 is 1.40 bits per heavy atom. The molecule has 0 bridgehead atoms. The molecular formula is C10H17ClN2O2. The van der Waals surface area contributed by atoms with E-state index in [4.69, 9.17) is 11.6 Å². The summed E-state index contributed by atoms with van der Waals surface area (Å²) >= 11 is 5.80. The number of alkyl halides is 1. The number of hydrogen-bond acceptors (Lipinski definition) is 2. The van der Waals surface area contributed by atoms with Crippen LogP contribution in [-0.4, -0.2) is 47.3 Å². The molecule has 0 aromatic heterocycles. The number of urea groups is 1. The van der Waals surface area contributed by atoms with E-state index in [-0.39, 0.29) is 23.9 Å². The van der Waals surface area contributed by atoms with Crippen molar-refractivity contribution >= 4 is 23.5 Å². The molecule has 1 heterocycles. The molecule has 0 aromatic rings. The van der Waals surface area contributed by atoms with Gasteiger partial charge in [-0.15, -0.1) is 11.6 Å². The molecule has 1 fully saturated rings. The van der Waals surface area contributed by atoms with Gasteiger partial charge in [-0.1, -0.05) is 6.42 Å². The summed E-state index contributed by atoms with van der Waals surface area (Å²) in [5, 5.41) is 0.164. The van der Waals surface area contributed by atoms with Crippen LogP contribution in [-0.2, 0) is 4.79 Å². The van der Waals surface area contributed by atoms with Crippen molar-refractivity contribution in [3.63, 3.8) is 0 Å². The molecule has 1 aliphatic rings. The molecule has 1 unspecified atom stereocenters. The summed E-state index contributed by atoms with van der Waals surface area (Å²) in [5.41, 5.74) is 0. The smallest absolute Gasteiger partial charge is 0.318 e. The molecule has 15 heavy (non-hydrogen) atoms. The third-order valence-corrected chi connectivity index (χ3v) is 2.68. The van der Waals surface area contributed by atoms with E-state index in [2.05, 4.69) is 0 Å². The number of carbonyl (C=O) groups excluding carboxylic acids is 2. The van der Waals surface area contributed by atoms with Crippen LogP contribution in [0, 0.1) is 0 Å². The first kappa shape index (κ1) is 12.3. The third kappa shape index (κ3) is 3.38. The van der Waals surface area contributed by atoms with Gasteiger partial charge in [0.15, 0.2) is 0 Å². The van der Waals surface area contributed by atoms with Crippen LogP contribution >= 0.6 is 11.6 Å². The van der Waals surface area contributed by atoms with Crippen LogP contribution in [0.5, 0.6) is 0 Å². The number of hydrogen-bond donors (Lipinski definition) is 0. The number of nitrogens with zero attached hydrogens (tertiary/aromatic N) is 2. The molecular weight excluding hydrogens is 216 g/mol. The van der Waals surface area contributed by atoms with Crippen LogP contribution in [0.25, 0.3) is 0 Å². The summed E-state index contributed by atoms with van der Waals surface area (Å²) in [7, 11) is 1.64. The van der Waals surface area contributed by atoms with Crippen molar-refractivity contribution < 1.29 is 9.59 Å². The Morgan fingerprint density at radius 2 is 2.07 bits per heavy atom.